The third-order valence-electron chi connectivity index (χ3n) is 6.20. The van der Waals surface area contributed by atoms with Gasteiger partial charge in [-0.25, -0.2) is 4.98 Å². The molecule has 3 N–H and O–H groups in total. The number of pyridine rings is 2. The lowest BCUT2D eigenvalue weighted by atomic mass is 9.93. The van der Waals surface area contributed by atoms with Crippen molar-refractivity contribution in [3.05, 3.63) is 67.1 Å². The second-order valence-corrected chi connectivity index (χ2v) is 9.66. The Kier molecular flexibility index (Phi) is 5.85. The SMILES string of the molecule is O[C@@H]1CCCC[C@H]1Nc1nc2ccc(Oc3ccnc(-c4ccc(-c5ccn[nH]5)nc4)c3)cc2s1. The first-order chi connectivity index (χ1) is 17.2. The predicted octanol–water partition coefficient (Wildman–Crippen LogP) is 5.65. The molecular weight excluding hydrogens is 460 g/mol. The third kappa shape index (κ3) is 4.73. The molecule has 8 nitrogen and oxygen atoms in total. The number of hydrogen-bond acceptors (Lipinski definition) is 8. The molecule has 0 aliphatic heterocycles. The number of H-pyrrole nitrogens is 1. The molecule has 0 amide bonds. The Bertz CT molecular complexity index is 1430. The van der Waals surface area contributed by atoms with Crippen molar-refractivity contribution in [2.24, 2.45) is 0 Å². The first-order valence-corrected chi connectivity index (χ1v) is 12.5. The molecule has 0 spiro atoms. The van der Waals surface area contributed by atoms with Gasteiger partial charge in [-0.1, -0.05) is 24.2 Å². The van der Waals surface area contributed by atoms with Gasteiger partial charge >= 0.3 is 0 Å². The fraction of sp³-hybridized carbons (Fsp3) is 0.231. The summed E-state index contributed by atoms with van der Waals surface area (Å²) in [6.07, 6.45) is 8.96. The van der Waals surface area contributed by atoms with E-state index in [1.54, 1.807) is 29.9 Å². The van der Waals surface area contributed by atoms with Gasteiger partial charge in [-0.2, -0.15) is 5.10 Å². The Morgan fingerprint density at radius 3 is 2.69 bits per heavy atom. The fourth-order valence-corrected chi connectivity index (χ4v) is 5.30. The number of hydrogen-bond donors (Lipinski definition) is 3. The van der Waals surface area contributed by atoms with Crippen LogP contribution in [0.2, 0.25) is 0 Å². The Balaban J connectivity index is 1.18. The Morgan fingerprint density at radius 1 is 0.943 bits per heavy atom. The minimum Gasteiger partial charge on any atom is -0.457 e. The van der Waals surface area contributed by atoms with Gasteiger partial charge in [0.05, 0.1) is 39.4 Å². The van der Waals surface area contributed by atoms with E-state index in [0.29, 0.717) is 5.75 Å². The lowest BCUT2D eigenvalue weighted by Gasteiger charge is -2.27. The van der Waals surface area contributed by atoms with Crippen molar-refractivity contribution in [2.75, 3.05) is 5.32 Å². The number of rotatable bonds is 6. The van der Waals surface area contributed by atoms with Crippen LogP contribution in [0, 0.1) is 0 Å². The molecule has 0 unspecified atom stereocenters. The summed E-state index contributed by atoms with van der Waals surface area (Å²) in [5.41, 5.74) is 4.28. The van der Waals surface area contributed by atoms with Crippen LogP contribution < -0.4 is 10.1 Å². The Hall–Kier alpha value is -3.82. The molecule has 1 aliphatic rings. The molecule has 0 radical (unpaired) electrons. The molecule has 2 atom stereocenters. The van der Waals surface area contributed by atoms with Crippen LogP contribution in [0.5, 0.6) is 11.5 Å². The maximum absolute atomic E-state index is 10.3. The van der Waals surface area contributed by atoms with Gasteiger partial charge in [0, 0.05) is 36.3 Å². The summed E-state index contributed by atoms with van der Waals surface area (Å²) in [5.74, 6) is 1.43. The van der Waals surface area contributed by atoms with E-state index in [1.165, 1.54) is 0 Å². The van der Waals surface area contributed by atoms with Crippen LogP contribution in [0.3, 0.4) is 0 Å². The molecule has 0 bridgehead atoms. The van der Waals surface area contributed by atoms with E-state index in [0.717, 1.165) is 69.4 Å². The van der Waals surface area contributed by atoms with Crippen molar-refractivity contribution in [3.8, 4) is 34.1 Å². The highest BCUT2D eigenvalue weighted by atomic mass is 32.1. The first kappa shape index (κ1) is 21.7. The zero-order valence-electron chi connectivity index (χ0n) is 18.9. The summed E-state index contributed by atoms with van der Waals surface area (Å²) in [6, 6.07) is 15.5. The number of aromatic nitrogens is 5. The summed E-state index contributed by atoms with van der Waals surface area (Å²) >= 11 is 1.58. The maximum Gasteiger partial charge on any atom is 0.184 e. The lowest BCUT2D eigenvalue weighted by molar-refractivity contribution is 0.116. The molecule has 0 saturated heterocycles. The molecular formula is C26H24N6O2S. The lowest BCUT2D eigenvalue weighted by Crippen LogP contribution is -2.36. The van der Waals surface area contributed by atoms with E-state index in [4.69, 9.17) is 4.74 Å². The monoisotopic (exact) mass is 484 g/mol. The van der Waals surface area contributed by atoms with E-state index in [9.17, 15) is 5.11 Å². The molecule has 1 fully saturated rings. The van der Waals surface area contributed by atoms with Gasteiger partial charge in [-0.05, 0) is 49.2 Å². The molecule has 4 heterocycles. The van der Waals surface area contributed by atoms with Crippen molar-refractivity contribution < 1.29 is 9.84 Å². The van der Waals surface area contributed by atoms with Crippen molar-refractivity contribution >= 4 is 26.7 Å². The molecule has 176 valence electrons. The van der Waals surface area contributed by atoms with Crippen LogP contribution in [-0.4, -0.2) is 42.4 Å². The number of benzene rings is 1. The largest absolute Gasteiger partial charge is 0.457 e. The van der Waals surface area contributed by atoms with Crippen molar-refractivity contribution in [1.82, 2.24) is 25.1 Å². The zero-order chi connectivity index (χ0) is 23.6. The Morgan fingerprint density at radius 2 is 1.86 bits per heavy atom. The summed E-state index contributed by atoms with van der Waals surface area (Å²) in [4.78, 5) is 13.7. The van der Waals surface area contributed by atoms with Crippen LogP contribution in [0.4, 0.5) is 5.13 Å². The minimum absolute atomic E-state index is 0.0679. The molecule has 35 heavy (non-hydrogen) atoms. The van der Waals surface area contributed by atoms with E-state index in [-0.39, 0.29) is 12.1 Å². The van der Waals surface area contributed by atoms with Crippen LogP contribution >= 0.6 is 11.3 Å². The highest BCUT2D eigenvalue weighted by molar-refractivity contribution is 7.22. The average molecular weight is 485 g/mol. The second-order valence-electron chi connectivity index (χ2n) is 8.63. The number of nitrogens with one attached hydrogen (secondary N) is 2. The van der Waals surface area contributed by atoms with Crippen molar-refractivity contribution in [2.45, 2.75) is 37.8 Å². The number of anilines is 1. The molecule has 1 aromatic carbocycles. The Labute approximate surface area is 206 Å². The molecule has 1 aliphatic carbocycles. The number of aliphatic hydroxyl groups excluding tert-OH is 1. The normalized spacial score (nSPS) is 18.0. The molecule has 6 rings (SSSR count). The summed E-state index contributed by atoms with van der Waals surface area (Å²) < 4.78 is 7.18. The quantitative estimate of drug-likeness (QED) is 0.286. The highest BCUT2D eigenvalue weighted by Crippen LogP contribution is 2.33. The number of thiazole rings is 1. The van der Waals surface area contributed by atoms with Gasteiger partial charge in [0.25, 0.3) is 0 Å². The third-order valence-corrected chi connectivity index (χ3v) is 7.15. The minimum atomic E-state index is -0.313. The van der Waals surface area contributed by atoms with Crippen molar-refractivity contribution in [1.29, 1.82) is 0 Å². The fourth-order valence-electron chi connectivity index (χ4n) is 4.34. The smallest absolute Gasteiger partial charge is 0.184 e. The zero-order valence-corrected chi connectivity index (χ0v) is 19.7. The van der Waals surface area contributed by atoms with Gasteiger partial charge in [-0.3, -0.25) is 15.1 Å². The van der Waals surface area contributed by atoms with E-state index in [2.05, 4.69) is 30.5 Å². The van der Waals surface area contributed by atoms with Crippen molar-refractivity contribution in [3.63, 3.8) is 0 Å². The molecule has 4 aromatic heterocycles. The average Bonchev–Trinajstić information content (AvgIpc) is 3.56. The van der Waals surface area contributed by atoms with Crippen LogP contribution in [-0.2, 0) is 0 Å². The van der Waals surface area contributed by atoms with Crippen LogP contribution in [0.1, 0.15) is 25.7 Å². The molecule has 5 aromatic rings. The van der Waals surface area contributed by atoms with E-state index >= 15 is 0 Å². The maximum atomic E-state index is 10.3. The van der Waals surface area contributed by atoms with Gasteiger partial charge in [0.15, 0.2) is 5.13 Å². The van der Waals surface area contributed by atoms with Gasteiger partial charge in [0.2, 0.25) is 0 Å². The van der Waals surface area contributed by atoms with Gasteiger partial charge in [0.1, 0.15) is 11.5 Å². The standard InChI is InChI=1S/C26H24N6O2S/c33-24-4-2-1-3-21(24)30-26-31-22-8-6-17(14-25(22)35-26)34-18-9-11-27-23(13-18)16-5-7-19(28-15-16)20-10-12-29-32-20/h5-15,21,24,33H,1-4H2,(H,29,32)(H,30,31)/t21-,24-/m1/s1. The van der Waals surface area contributed by atoms with Gasteiger partial charge in [-0.15, -0.1) is 0 Å². The summed E-state index contributed by atoms with van der Waals surface area (Å²) in [6.45, 7) is 0. The van der Waals surface area contributed by atoms with Crippen LogP contribution in [0.15, 0.2) is 67.1 Å². The number of aromatic amines is 1. The number of fused-ring (bicyclic) bond motifs is 1. The second kappa shape index (κ2) is 9.44. The number of nitrogens with zero attached hydrogens (tertiary/aromatic N) is 4. The van der Waals surface area contributed by atoms with Gasteiger partial charge < -0.3 is 15.2 Å². The predicted molar refractivity (Wildman–Crippen MR) is 137 cm³/mol. The molecule has 1 saturated carbocycles. The van der Waals surface area contributed by atoms with E-state index < -0.39 is 0 Å². The summed E-state index contributed by atoms with van der Waals surface area (Å²) in [5, 5.41) is 21.4. The molecule has 9 heteroatoms. The number of aliphatic hydroxyl groups is 1. The topological polar surface area (TPSA) is 109 Å². The number of ether oxygens (including phenoxy) is 1. The summed E-state index contributed by atoms with van der Waals surface area (Å²) in [7, 11) is 0. The highest BCUT2D eigenvalue weighted by Gasteiger charge is 2.23. The van der Waals surface area contributed by atoms with E-state index in [1.807, 2.05) is 48.5 Å². The van der Waals surface area contributed by atoms with Crippen LogP contribution in [0.25, 0.3) is 32.9 Å². The first-order valence-electron chi connectivity index (χ1n) is 11.7.